The summed E-state index contributed by atoms with van der Waals surface area (Å²) in [6.45, 7) is 10.5. The number of para-hydroxylation sites is 1. The molecular weight excluding hydrogens is 580 g/mol. The van der Waals surface area contributed by atoms with Crippen LogP contribution in [0.3, 0.4) is 0 Å². The van der Waals surface area contributed by atoms with E-state index < -0.39 is 6.04 Å². The fourth-order valence-electron chi connectivity index (χ4n) is 5.46. The number of carbonyl (C=O) groups excluding carboxylic acids is 2. The second kappa shape index (κ2) is 12.7. The first-order valence-corrected chi connectivity index (χ1v) is 15.8. The summed E-state index contributed by atoms with van der Waals surface area (Å²) >= 11 is 7.45. The average molecular weight is 615 g/mol. The first-order chi connectivity index (χ1) is 20.6. The highest BCUT2D eigenvalue weighted by Crippen LogP contribution is 2.32. The van der Waals surface area contributed by atoms with E-state index in [9.17, 15) is 14.4 Å². The highest BCUT2D eigenvalue weighted by atomic mass is 35.5. The van der Waals surface area contributed by atoms with Gasteiger partial charge in [0.2, 0.25) is 5.91 Å². The molecule has 2 amide bonds. The molecule has 7 nitrogen and oxygen atoms in total. The molecule has 0 aliphatic carbocycles. The van der Waals surface area contributed by atoms with Gasteiger partial charge >= 0.3 is 0 Å². The Morgan fingerprint density at radius 2 is 1.77 bits per heavy atom. The summed E-state index contributed by atoms with van der Waals surface area (Å²) in [5, 5.41) is 5.88. The van der Waals surface area contributed by atoms with Gasteiger partial charge in [-0.05, 0) is 69.0 Å². The maximum absolute atomic E-state index is 14.7. The number of hydrogen-bond acceptors (Lipinski definition) is 5. The predicted octanol–water partition coefficient (Wildman–Crippen LogP) is 6.79. The normalized spacial score (nSPS) is 14.9. The number of benzene rings is 2. The van der Waals surface area contributed by atoms with Crippen LogP contribution in [0.2, 0.25) is 5.02 Å². The average Bonchev–Trinajstić information content (AvgIpc) is 3.48. The third-order valence-electron chi connectivity index (χ3n) is 7.72. The Bertz CT molecular complexity index is 1760. The molecule has 9 heteroatoms. The Balaban J connectivity index is 1.84. The summed E-state index contributed by atoms with van der Waals surface area (Å²) in [6.07, 6.45) is 3.30. The summed E-state index contributed by atoms with van der Waals surface area (Å²) in [4.78, 5) is 48.0. The Morgan fingerprint density at radius 3 is 2.40 bits per heavy atom. The van der Waals surface area contributed by atoms with Gasteiger partial charge in [0, 0.05) is 29.1 Å². The molecule has 0 saturated carbocycles. The largest absolute Gasteiger partial charge is 0.353 e. The molecule has 2 aromatic carbocycles. The summed E-state index contributed by atoms with van der Waals surface area (Å²) < 4.78 is 1.70. The van der Waals surface area contributed by atoms with Gasteiger partial charge in [-0.3, -0.25) is 19.0 Å². The molecule has 1 saturated heterocycles. The molecular formula is C34H35ClN4O3S. The number of piperazine rings is 1. The minimum atomic E-state index is -0.643. The van der Waals surface area contributed by atoms with Crippen molar-refractivity contribution in [3.05, 3.63) is 97.2 Å². The Morgan fingerprint density at radius 1 is 1.09 bits per heavy atom. The van der Waals surface area contributed by atoms with Crippen LogP contribution in [0, 0.1) is 0 Å². The monoisotopic (exact) mass is 614 g/mol. The molecule has 2 aromatic heterocycles. The lowest BCUT2D eigenvalue weighted by Gasteiger charge is -2.33. The quantitative estimate of drug-likeness (QED) is 0.248. The second-order valence-electron chi connectivity index (χ2n) is 10.9. The van der Waals surface area contributed by atoms with Gasteiger partial charge in [0.05, 0.1) is 28.2 Å². The molecule has 222 valence electrons. The molecule has 3 heterocycles. The van der Waals surface area contributed by atoms with E-state index in [0.717, 1.165) is 28.0 Å². The number of nitrogens with zero attached hydrogens (tertiary/aromatic N) is 3. The van der Waals surface area contributed by atoms with E-state index in [2.05, 4.69) is 19.2 Å². The van der Waals surface area contributed by atoms with Crippen LogP contribution in [-0.2, 0) is 17.6 Å². The predicted molar refractivity (Wildman–Crippen MR) is 175 cm³/mol. The molecule has 1 aliphatic rings. The van der Waals surface area contributed by atoms with Gasteiger partial charge in [-0.25, -0.2) is 4.98 Å². The van der Waals surface area contributed by atoms with Gasteiger partial charge in [0.25, 0.3) is 11.5 Å². The molecule has 0 bridgehead atoms. The number of hydrogen-bond donors (Lipinski definition) is 1. The number of thiazole rings is 1. The van der Waals surface area contributed by atoms with Gasteiger partial charge in [-0.1, -0.05) is 61.4 Å². The molecule has 5 rings (SSSR count). The van der Waals surface area contributed by atoms with Crippen molar-refractivity contribution >= 4 is 40.8 Å². The summed E-state index contributed by atoms with van der Waals surface area (Å²) in [5.41, 5.74) is 6.28. The van der Waals surface area contributed by atoms with Gasteiger partial charge in [0.1, 0.15) is 11.0 Å². The number of allylic oxidation sites excluding steroid dienone is 1. The molecule has 1 fully saturated rings. The molecule has 0 radical (unpaired) electrons. The highest BCUT2D eigenvalue weighted by molar-refractivity contribution is 7.13. The zero-order valence-corrected chi connectivity index (χ0v) is 26.6. The molecule has 1 atom stereocenters. The van der Waals surface area contributed by atoms with Crippen molar-refractivity contribution in [2.24, 2.45) is 0 Å². The fraction of sp³-hybridized carbons (Fsp3) is 0.294. The van der Waals surface area contributed by atoms with Crippen LogP contribution in [-0.4, -0.2) is 45.4 Å². The van der Waals surface area contributed by atoms with Crippen molar-refractivity contribution in [3.8, 4) is 27.5 Å². The number of pyridine rings is 1. The van der Waals surface area contributed by atoms with E-state index in [1.165, 1.54) is 11.3 Å². The number of aryl methyl sites for hydroxylation is 2. The van der Waals surface area contributed by atoms with Crippen LogP contribution >= 0.6 is 22.9 Å². The van der Waals surface area contributed by atoms with Crippen molar-refractivity contribution in [2.45, 2.75) is 53.5 Å². The van der Waals surface area contributed by atoms with E-state index in [0.29, 0.717) is 58.5 Å². The topological polar surface area (TPSA) is 84.3 Å². The smallest absolute Gasteiger partial charge is 0.265 e. The number of nitrogens with one attached hydrogen (secondary N) is 1. The van der Waals surface area contributed by atoms with Crippen molar-refractivity contribution in [3.63, 3.8) is 0 Å². The number of aromatic nitrogens is 2. The van der Waals surface area contributed by atoms with E-state index in [1.54, 1.807) is 34.6 Å². The van der Waals surface area contributed by atoms with Gasteiger partial charge in [-0.15, -0.1) is 11.3 Å². The maximum Gasteiger partial charge on any atom is 0.265 e. The fourth-order valence-corrected chi connectivity index (χ4v) is 6.42. The molecule has 1 aliphatic heterocycles. The second-order valence-corrected chi connectivity index (χ2v) is 12.2. The highest BCUT2D eigenvalue weighted by Gasteiger charge is 2.33. The van der Waals surface area contributed by atoms with Gasteiger partial charge in [0.15, 0.2) is 0 Å². The molecule has 43 heavy (non-hydrogen) atoms. The zero-order valence-electron chi connectivity index (χ0n) is 25.0. The lowest BCUT2D eigenvalue weighted by Crippen LogP contribution is -2.56. The molecule has 1 unspecified atom stereocenters. The Kier molecular flexibility index (Phi) is 8.99. The zero-order chi connectivity index (χ0) is 30.8. The maximum atomic E-state index is 14.7. The van der Waals surface area contributed by atoms with Crippen LogP contribution in [0.4, 0.5) is 0 Å². The number of rotatable bonds is 7. The third-order valence-corrected chi connectivity index (χ3v) is 8.85. The lowest BCUT2D eigenvalue weighted by molar-refractivity contribution is -0.127. The standard InChI is InChI=1S/C34H35ClN4O3S/c1-6-22-9-8-10-23(7-2)30(22)39-29(17-20(3)4)26(33(41)38-16-15-36-31(40)21(38)5)18-27(34(39)42)32-37-28(19-43-32)24-11-13-25(35)14-12-24/h8-14,17-19,21H,6-7,15-16H2,1-5H3,(H,36,40). The van der Waals surface area contributed by atoms with Gasteiger partial charge in [-0.2, -0.15) is 0 Å². The molecule has 0 spiro atoms. The summed E-state index contributed by atoms with van der Waals surface area (Å²) in [6, 6.07) is 14.5. The Labute approximate surface area is 260 Å². The molecule has 1 N–H and O–H groups in total. The van der Waals surface area contributed by atoms with Crippen LogP contribution < -0.4 is 10.9 Å². The van der Waals surface area contributed by atoms with Crippen LogP contribution in [0.1, 0.15) is 61.8 Å². The lowest BCUT2D eigenvalue weighted by atomic mass is 9.99. The number of halogens is 1. The summed E-state index contributed by atoms with van der Waals surface area (Å²) in [5.74, 6) is -0.500. The minimum absolute atomic E-state index is 0.200. The third kappa shape index (κ3) is 5.94. The van der Waals surface area contributed by atoms with Crippen LogP contribution in [0.15, 0.2) is 64.3 Å². The van der Waals surface area contributed by atoms with Crippen LogP contribution in [0.25, 0.3) is 33.6 Å². The summed E-state index contributed by atoms with van der Waals surface area (Å²) in [7, 11) is 0. The van der Waals surface area contributed by atoms with Crippen molar-refractivity contribution < 1.29 is 9.59 Å². The van der Waals surface area contributed by atoms with Gasteiger partial charge < -0.3 is 10.2 Å². The number of carbonyl (C=O) groups is 2. The van der Waals surface area contributed by atoms with E-state index in [4.69, 9.17) is 16.6 Å². The van der Waals surface area contributed by atoms with Crippen LogP contribution in [0.5, 0.6) is 0 Å². The first-order valence-electron chi connectivity index (χ1n) is 14.5. The van der Waals surface area contributed by atoms with E-state index in [1.807, 2.05) is 55.6 Å². The minimum Gasteiger partial charge on any atom is -0.353 e. The van der Waals surface area contributed by atoms with E-state index in [-0.39, 0.29) is 17.4 Å². The first kappa shape index (κ1) is 30.4. The molecule has 4 aromatic rings. The van der Waals surface area contributed by atoms with E-state index >= 15 is 0 Å². The van der Waals surface area contributed by atoms with Crippen molar-refractivity contribution in [2.75, 3.05) is 13.1 Å². The SMILES string of the molecule is CCc1cccc(CC)c1-n1c(C=C(C)C)c(C(=O)N2CCNC(=O)C2C)cc(-c2nc(-c3ccc(Cl)cc3)cs2)c1=O. The Hall–Kier alpha value is -4.01. The number of amides is 2. The van der Waals surface area contributed by atoms with Crippen molar-refractivity contribution in [1.29, 1.82) is 0 Å². The van der Waals surface area contributed by atoms with Crippen molar-refractivity contribution in [1.82, 2.24) is 19.8 Å².